The molecule has 0 radical (unpaired) electrons. The first-order valence-corrected chi connectivity index (χ1v) is 6.62. The lowest BCUT2D eigenvalue weighted by Gasteiger charge is -2.15. The minimum atomic E-state index is -0.495. The lowest BCUT2D eigenvalue weighted by molar-refractivity contribution is 0.517. The lowest BCUT2D eigenvalue weighted by atomic mass is 9.95. The molecule has 2 aliphatic carbocycles. The molecule has 5 heteroatoms. The van der Waals surface area contributed by atoms with Gasteiger partial charge in [-0.25, -0.2) is 8.78 Å². The van der Waals surface area contributed by atoms with Crippen molar-refractivity contribution in [2.24, 2.45) is 10.7 Å². The highest BCUT2D eigenvalue weighted by Gasteiger charge is 2.47. The van der Waals surface area contributed by atoms with Crippen LogP contribution in [0.3, 0.4) is 0 Å². The van der Waals surface area contributed by atoms with E-state index < -0.39 is 17.0 Å². The maximum Gasteiger partial charge on any atom is 0.188 e. The monoisotopic (exact) mass is 265 g/mol. The fourth-order valence-corrected chi connectivity index (χ4v) is 2.36. The maximum atomic E-state index is 13.8. The van der Waals surface area contributed by atoms with Crippen LogP contribution in [0, 0.1) is 11.6 Å². The van der Waals surface area contributed by atoms with Crippen LogP contribution in [-0.2, 0) is 5.41 Å². The van der Waals surface area contributed by atoms with Gasteiger partial charge in [-0.1, -0.05) is 6.07 Å². The highest BCUT2D eigenvalue weighted by Crippen LogP contribution is 2.50. The molecule has 102 valence electrons. The zero-order chi connectivity index (χ0) is 13.5. The molecule has 1 aromatic rings. The summed E-state index contributed by atoms with van der Waals surface area (Å²) < 4.78 is 27.6. The second kappa shape index (κ2) is 4.47. The first-order chi connectivity index (χ1) is 9.11. The van der Waals surface area contributed by atoms with Gasteiger partial charge in [0, 0.05) is 17.0 Å². The molecular formula is C14H17F2N3. The summed E-state index contributed by atoms with van der Waals surface area (Å²) in [5, 5.41) is 3.08. The molecule has 0 aliphatic heterocycles. The maximum absolute atomic E-state index is 13.8. The number of nitrogens with two attached hydrogens (primary N) is 1. The molecule has 0 heterocycles. The van der Waals surface area contributed by atoms with Crippen LogP contribution in [-0.4, -0.2) is 18.5 Å². The summed E-state index contributed by atoms with van der Waals surface area (Å²) in [4.78, 5) is 4.25. The lowest BCUT2D eigenvalue weighted by Crippen LogP contribution is -2.34. The van der Waals surface area contributed by atoms with Crippen LogP contribution in [0.25, 0.3) is 0 Å². The van der Waals surface area contributed by atoms with Crippen LogP contribution in [0.15, 0.2) is 23.2 Å². The van der Waals surface area contributed by atoms with E-state index in [1.54, 1.807) is 0 Å². The van der Waals surface area contributed by atoms with Gasteiger partial charge in [-0.15, -0.1) is 0 Å². The average molecular weight is 265 g/mol. The van der Waals surface area contributed by atoms with Gasteiger partial charge in [-0.2, -0.15) is 0 Å². The molecular weight excluding hydrogens is 248 g/mol. The quantitative estimate of drug-likeness (QED) is 0.646. The van der Waals surface area contributed by atoms with Gasteiger partial charge in [0.1, 0.15) is 11.6 Å². The van der Waals surface area contributed by atoms with Gasteiger partial charge in [0.05, 0.1) is 6.54 Å². The van der Waals surface area contributed by atoms with E-state index in [4.69, 9.17) is 5.73 Å². The molecule has 0 unspecified atom stereocenters. The summed E-state index contributed by atoms with van der Waals surface area (Å²) >= 11 is 0. The Hall–Kier alpha value is -1.65. The van der Waals surface area contributed by atoms with E-state index in [-0.39, 0.29) is 5.56 Å². The summed E-state index contributed by atoms with van der Waals surface area (Å²) in [7, 11) is 0. The molecule has 2 fully saturated rings. The third-order valence-electron chi connectivity index (χ3n) is 3.83. The summed E-state index contributed by atoms with van der Waals surface area (Å²) in [5.74, 6) is -0.589. The molecule has 2 aliphatic rings. The molecule has 0 bridgehead atoms. The van der Waals surface area contributed by atoms with E-state index in [1.165, 1.54) is 18.2 Å². The van der Waals surface area contributed by atoms with Gasteiger partial charge in [-0.05, 0) is 37.8 Å². The molecule has 3 N–H and O–H groups in total. The molecule has 0 aromatic heterocycles. The zero-order valence-corrected chi connectivity index (χ0v) is 10.6. The second-order valence-electron chi connectivity index (χ2n) is 5.50. The van der Waals surface area contributed by atoms with E-state index in [0.29, 0.717) is 18.5 Å². The molecule has 19 heavy (non-hydrogen) atoms. The summed E-state index contributed by atoms with van der Waals surface area (Å²) in [6.45, 7) is 0.344. The van der Waals surface area contributed by atoms with E-state index in [2.05, 4.69) is 10.3 Å². The Balaban J connectivity index is 1.75. The van der Waals surface area contributed by atoms with Crippen LogP contribution in [0.1, 0.15) is 31.2 Å². The standard InChI is InChI=1S/C14H17F2N3/c15-10-2-1-3-11(16)12(10)14(6-7-14)8-18-13(17)19-9-4-5-9/h1-3,9H,4-8H2,(H3,17,18,19). The van der Waals surface area contributed by atoms with Crippen molar-refractivity contribution < 1.29 is 8.78 Å². The molecule has 1 aromatic carbocycles. The minimum Gasteiger partial charge on any atom is -0.370 e. The van der Waals surface area contributed by atoms with Crippen molar-refractivity contribution in [2.45, 2.75) is 37.1 Å². The van der Waals surface area contributed by atoms with Crippen LogP contribution < -0.4 is 11.1 Å². The van der Waals surface area contributed by atoms with E-state index in [9.17, 15) is 8.78 Å². The molecule has 0 atom stereocenters. The van der Waals surface area contributed by atoms with Crippen LogP contribution in [0.5, 0.6) is 0 Å². The fraction of sp³-hybridized carbons (Fsp3) is 0.500. The molecule has 3 nitrogen and oxygen atoms in total. The third kappa shape index (κ3) is 2.55. The van der Waals surface area contributed by atoms with Crippen LogP contribution in [0.4, 0.5) is 8.78 Å². The number of rotatable bonds is 4. The first-order valence-electron chi connectivity index (χ1n) is 6.62. The van der Waals surface area contributed by atoms with Gasteiger partial charge >= 0.3 is 0 Å². The van der Waals surface area contributed by atoms with Crippen molar-refractivity contribution in [3.8, 4) is 0 Å². The number of halogens is 2. The van der Waals surface area contributed by atoms with Crippen molar-refractivity contribution in [3.05, 3.63) is 35.4 Å². The second-order valence-corrected chi connectivity index (χ2v) is 5.50. The van der Waals surface area contributed by atoms with Gasteiger partial charge < -0.3 is 11.1 Å². The number of nitrogens with one attached hydrogen (secondary N) is 1. The smallest absolute Gasteiger partial charge is 0.188 e. The Morgan fingerprint density at radius 2 is 1.95 bits per heavy atom. The van der Waals surface area contributed by atoms with Gasteiger partial charge in [0.25, 0.3) is 0 Å². The summed E-state index contributed by atoms with van der Waals surface area (Å²) in [6.07, 6.45) is 3.74. The molecule has 0 saturated heterocycles. The van der Waals surface area contributed by atoms with E-state index in [0.717, 1.165) is 25.7 Å². The number of hydrogen-bond donors (Lipinski definition) is 2. The fourth-order valence-electron chi connectivity index (χ4n) is 2.36. The normalized spacial score (nSPS) is 21.3. The summed E-state index contributed by atoms with van der Waals surface area (Å²) in [6, 6.07) is 4.42. The minimum absolute atomic E-state index is 0.165. The molecule has 0 spiro atoms. The zero-order valence-electron chi connectivity index (χ0n) is 10.6. The highest BCUT2D eigenvalue weighted by atomic mass is 19.1. The third-order valence-corrected chi connectivity index (χ3v) is 3.83. The Morgan fingerprint density at radius 3 is 2.47 bits per heavy atom. The van der Waals surface area contributed by atoms with Crippen molar-refractivity contribution in [2.75, 3.05) is 6.54 Å². The average Bonchev–Trinajstić information content (AvgIpc) is 3.23. The van der Waals surface area contributed by atoms with Gasteiger partial charge in [0.15, 0.2) is 5.96 Å². The predicted molar refractivity (Wildman–Crippen MR) is 69.9 cm³/mol. The van der Waals surface area contributed by atoms with E-state index >= 15 is 0 Å². The Labute approximate surface area is 110 Å². The first kappa shape index (κ1) is 12.4. The largest absolute Gasteiger partial charge is 0.370 e. The number of hydrogen-bond acceptors (Lipinski definition) is 1. The van der Waals surface area contributed by atoms with Crippen LogP contribution in [0.2, 0.25) is 0 Å². The van der Waals surface area contributed by atoms with Crippen molar-refractivity contribution in [1.29, 1.82) is 0 Å². The van der Waals surface area contributed by atoms with Crippen molar-refractivity contribution in [3.63, 3.8) is 0 Å². The topological polar surface area (TPSA) is 50.4 Å². The molecule has 0 amide bonds. The highest BCUT2D eigenvalue weighted by molar-refractivity contribution is 5.78. The number of nitrogens with zero attached hydrogens (tertiary/aromatic N) is 1. The Kier molecular flexibility index (Phi) is 2.92. The molecule has 2 saturated carbocycles. The Bertz CT molecular complexity index is 499. The van der Waals surface area contributed by atoms with E-state index in [1.807, 2.05) is 0 Å². The van der Waals surface area contributed by atoms with Gasteiger partial charge in [0.2, 0.25) is 0 Å². The molecule has 3 rings (SSSR count). The van der Waals surface area contributed by atoms with Crippen LogP contribution >= 0.6 is 0 Å². The number of guanidine groups is 1. The van der Waals surface area contributed by atoms with Crippen molar-refractivity contribution in [1.82, 2.24) is 5.32 Å². The van der Waals surface area contributed by atoms with Crippen molar-refractivity contribution >= 4 is 5.96 Å². The number of aliphatic imine (C=N–C) groups is 1. The predicted octanol–water partition coefficient (Wildman–Crippen LogP) is 2.06. The van der Waals surface area contributed by atoms with Gasteiger partial charge in [-0.3, -0.25) is 4.99 Å². The number of benzene rings is 1. The SMILES string of the molecule is NC(=NCC1(c2c(F)cccc2F)CC1)NC1CC1. The summed E-state index contributed by atoms with van der Waals surface area (Å²) in [5.41, 5.74) is 5.43. The Morgan fingerprint density at radius 1 is 1.32 bits per heavy atom.